The second kappa shape index (κ2) is 6.38. The molecule has 23 heavy (non-hydrogen) atoms. The van der Waals surface area contributed by atoms with Gasteiger partial charge in [-0.15, -0.1) is 0 Å². The van der Waals surface area contributed by atoms with Crippen LogP contribution in [0.5, 0.6) is 5.75 Å². The van der Waals surface area contributed by atoms with Crippen LogP contribution in [0.2, 0.25) is 0 Å². The third-order valence-electron chi connectivity index (χ3n) is 3.48. The molecule has 1 heterocycles. The van der Waals surface area contributed by atoms with E-state index in [4.69, 9.17) is 9.47 Å². The molecule has 0 spiro atoms. The molecule has 4 nitrogen and oxygen atoms in total. The molecule has 0 amide bonds. The molecule has 0 fully saturated rings. The van der Waals surface area contributed by atoms with E-state index in [1.165, 1.54) is 0 Å². The van der Waals surface area contributed by atoms with Crippen LogP contribution in [0.1, 0.15) is 16.7 Å². The lowest BCUT2D eigenvalue weighted by molar-refractivity contribution is -0.129. The Morgan fingerprint density at radius 3 is 2.70 bits per heavy atom. The summed E-state index contributed by atoms with van der Waals surface area (Å²) < 4.78 is 11.3. The lowest BCUT2D eigenvalue weighted by Gasteiger charge is -2.03. The molecule has 0 saturated heterocycles. The summed E-state index contributed by atoms with van der Waals surface area (Å²) in [5, 5.41) is 0. The SMILES string of the molecule is COc1ccc(C=C2N=C(c3ccccc3C)OC2=O)cc1Br. The van der Waals surface area contributed by atoms with E-state index in [1.807, 2.05) is 49.4 Å². The van der Waals surface area contributed by atoms with Gasteiger partial charge in [0.05, 0.1) is 11.6 Å². The van der Waals surface area contributed by atoms with Crippen LogP contribution in [0.3, 0.4) is 0 Å². The molecular formula is C18H14BrNO3. The smallest absolute Gasteiger partial charge is 0.363 e. The van der Waals surface area contributed by atoms with Crippen LogP contribution in [-0.4, -0.2) is 19.0 Å². The fourth-order valence-corrected chi connectivity index (χ4v) is 2.83. The molecule has 0 atom stereocenters. The molecular weight excluding hydrogens is 358 g/mol. The van der Waals surface area contributed by atoms with Crippen LogP contribution in [0.4, 0.5) is 0 Å². The second-order valence-corrected chi connectivity index (χ2v) is 5.90. The molecule has 2 aromatic carbocycles. The molecule has 5 heteroatoms. The summed E-state index contributed by atoms with van der Waals surface area (Å²) in [6.45, 7) is 1.95. The topological polar surface area (TPSA) is 47.9 Å². The molecule has 0 bridgehead atoms. The van der Waals surface area contributed by atoms with Gasteiger partial charge in [-0.05, 0) is 58.3 Å². The van der Waals surface area contributed by atoms with Crippen LogP contribution in [-0.2, 0) is 9.53 Å². The van der Waals surface area contributed by atoms with Crippen molar-refractivity contribution in [1.82, 2.24) is 0 Å². The van der Waals surface area contributed by atoms with E-state index in [9.17, 15) is 4.79 Å². The number of nitrogens with zero attached hydrogens (tertiary/aromatic N) is 1. The molecule has 0 radical (unpaired) electrons. The lowest BCUT2D eigenvalue weighted by Crippen LogP contribution is -2.06. The van der Waals surface area contributed by atoms with Gasteiger partial charge >= 0.3 is 5.97 Å². The lowest BCUT2D eigenvalue weighted by atomic mass is 10.1. The minimum absolute atomic E-state index is 0.278. The molecule has 1 aliphatic heterocycles. The predicted octanol–water partition coefficient (Wildman–Crippen LogP) is 4.11. The summed E-state index contributed by atoms with van der Waals surface area (Å²) in [5.41, 5.74) is 2.94. The van der Waals surface area contributed by atoms with Crippen molar-refractivity contribution < 1.29 is 14.3 Å². The van der Waals surface area contributed by atoms with E-state index in [0.29, 0.717) is 5.90 Å². The van der Waals surface area contributed by atoms with E-state index in [0.717, 1.165) is 26.9 Å². The quantitative estimate of drug-likeness (QED) is 0.602. The number of halogens is 1. The van der Waals surface area contributed by atoms with E-state index in [2.05, 4.69) is 20.9 Å². The van der Waals surface area contributed by atoms with Gasteiger partial charge in [-0.3, -0.25) is 0 Å². The van der Waals surface area contributed by atoms with Crippen LogP contribution < -0.4 is 4.74 Å². The second-order valence-electron chi connectivity index (χ2n) is 5.04. The third-order valence-corrected chi connectivity index (χ3v) is 4.09. The largest absolute Gasteiger partial charge is 0.496 e. The number of methoxy groups -OCH3 is 1. The summed E-state index contributed by atoms with van der Waals surface area (Å²) in [5.74, 6) is 0.618. The number of rotatable bonds is 3. The first kappa shape index (κ1) is 15.5. The minimum atomic E-state index is -0.449. The maximum atomic E-state index is 12.0. The molecule has 2 aromatic rings. The summed E-state index contributed by atoms with van der Waals surface area (Å²) >= 11 is 3.42. The third kappa shape index (κ3) is 3.19. The Morgan fingerprint density at radius 2 is 2.00 bits per heavy atom. The normalized spacial score (nSPS) is 15.5. The van der Waals surface area contributed by atoms with Gasteiger partial charge in [0, 0.05) is 5.56 Å². The first-order valence-electron chi connectivity index (χ1n) is 7.00. The van der Waals surface area contributed by atoms with Gasteiger partial charge in [0.15, 0.2) is 5.70 Å². The van der Waals surface area contributed by atoms with Gasteiger partial charge in [-0.25, -0.2) is 9.79 Å². The standard InChI is InChI=1S/C18H14BrNO3/c1-11-5-3-4-6-13(11)17-20-15(18(21)23-17)10-12-7-8-16(22-2)14(19)9-12/h3-10H,1-2H3. The highest BCUT2D eigenvalue weighted by Gasteiger charge is 2.24. The number of aryl methyl sites for hydroxylation is 1. The maximum Gasteiger partial charge on any atom is 0.363 e. The number of carbonyl (C=O) groups excluding carboxylic acids is 1. The number of hydrogen-bond acceptors (Lipinski definition) is 4. The number of aliphatic imine (C=N–C) groups is 1. The molecule has 0 N–H and O–H groups in total. The average Bonchev–Trinajstić information content (AvgIpc) is 2.89. The summed E-state index contributed by atoms with van der Waals surface area (Å²) in [7, 11) is 1.60. The van der Waals surface area contributed by atoms with Gasteiger partial charge in [0.2, 0.25) is 5.90 Å². The minimum Gasteiger partial charge on any atom is -0.496 e. The van der Waals surface area contributed by atoms with E-state index >= 15 is 0 Å². The van der Waals surface area contributed by atoms with Crippen molar-refractivity contribution in [3.63, 3.8) is 0 Å². The summed E-state index contributed by atoms with van der Waals surface area (Å²) in [4.78, 5) is 16.4. The van der Waals surface area contributed by atoms with E-state index < -0.39 is 5.97 Å². The first-order valence-corrected chi connectivity index (χ1v) is 7.80. The number of ether oxygens (including phenoxy) is 2. The maximum absolute atomic E-state index is 12.0. The van der Waals surface area contributed by atoms with Gasteiger partial charge in [0.25, 0.3) is 0 Å². The number of hydrogen-bond donors (Lipinski definition) is 0. The van der Waals surface area contributed by atoms with Crippen molar-refractivity contribution >= 4 is 33.9 Å². The van der Waals surface area contributed by atoms with E-state index in [-0.39, 0.29) is 5.70 Å². The Balaban J connectivity index is 1.95. The highest BCUT2D eigenvalue weighted by molar-refractivity contribution is 9.10. The zero-order chi connectivity index (χ0) is 16.4. The molecule has 0 aliphatic carbocycles. The number of benzene rings is 2. The Labute approximate surface area is 142 Å². The molecule has 1 aliphatic rings. The molecule has 0 aromatic heterocycles. The number of cyclic esters (lactones) is 1. The van der Waals surface area contributed by atoms with Crippen LogP contribution in [0.15, 0.2) is 57.6 Å². The Morgan fingerprint density at radius 1 is 1.22 bits per heavy atom. The highest BCUT2D eigenvalue weighted by Crippen LogP contribution is 2.27. The van der Waals surface area contributed by atoms with Crippen molar-refractivity contribution in [3.05, 3.63) is 69.3 Å². The molecule has 0 unspecified atom stereocenters. The fraction of sp³-hybridized carbons (Fsp3) is 0.111. The fourth-order valence-electron chi connectivity index (χ4n) is 2.27. The predicted molar refractivity (Wildman–Crippen MR) is 92.5 cm³/mol. The van der Waals surface area contributed by atoms with Crippen molar-refractivity contribution in [2.75, 3.05) is 7.11 Å². The zero-order valence-corrected chi connectivity index (χ0v) is 14.3. The Bertz CT molecular complexity index is 840. The van der Waals surface area contributed by atoms with Crippen molar-refractivity contribution in [2.24, 2.45) is 4.99 Å². The number of carbonyl (C=O) groups is 1. The first-order chi connectivity index (χ1) is 11.1. The zero-order valence-electron chi connectivity index (χ0n) is 12.7. The van der Waals surface area contributed by atoms with Gasteiger partial charge in [0.1, 0.15) is 5.75 Å². The average molecular weight is 372 g/mol. The molecule has 0 saturated carbocycles. The van der Waals surface area contributed by atoms with Gasteiger partial charge in [-0.2, -0.15) is 0 Å². The molecule has 116 valence electrons. The van der Waals surface area contributed by atoms with Gasteiger partial charge < -0.3 is 9.47 Å². The van der Waals surface area contributed by atoms with Crippen LogP contribution in [0.25, 0.3) is 6.08 Å². The monoisotopic (exact) mass is 371 g/mol. The molecule has 3 rings (SSSR count). The summed E-state index contributed by atoms with van der Waals surface area (Å²) in [6.07, 6.45) is 1.69. The Hall–Kier alpha value is -2.40. The van der Waals surface area contributed by atoms with Crippen molar-refractivity contribution in [2.45, 2.75) is 6.92 Å². The number of esters is 1. The Kier molecular flexibility index (Phi) is 4.30. The van der Waals surface area contributed by atoms with Crippen molar-refractivity contribution in [1.29, 1.82) is 0 Å². The van der Waals surface area contributed by atoms with Crippen LogP contribution in [0, 0.1) is 6.92 Å². The summed E-state index contributed by atoms with van der Waals surface area (Å²) in [6, 6.07) is 13.2. The van der Waals surface area contributed by atoms with Crippen molar-refractivity contribution in [3.8, 4) is 5.75 Å². The highest BCUT2D eigenvalue weighted by atomic mass is 79.9. The van der Waals surface area contributed by atoms with E-state index in [1.54, 1.807) is 13.2 Å². The van der Waals surface area contributed by atoms with Crippen LogP contribution >= 0.6 is 15.9 Å². The van der Waals surface area contributed by atoms with Gasteiger partial charge in [-0.1, -0.05) is 24.3 Å².